The first-order chi connectivity index (χ1) is 69.0. The van der Waals surface area contributed by atoms with Crippen LogP contribution in [-0.4, -0.2) is 94.7 Å². The SMILES string of the molecule is Cn1[c-]nc(-c2occ3c2[n-]c2c(-n4[c-][n+](C)cc4)cccc23)c1.Cn1[c-]nc(-c2occ3c2[n-]c2c(-n4[c-][n+](C)cc4)cccc23)c1.Cn1[c-]nc(-c2occ3c2[n-]c2c(-n4[c-][n+](C)cc4)cccc23)c1.Cn1c[c-]c(-c2occ3c2[n-]c2c(-n4[c-]ncc4)cccc23)c1.Cn1cnc(-c2occ3c2[n-]c2c(-n4[c-]ncc4)cccc23)c1.Cn1cnc(-c2occ3c2[n-]c2c(-n4[c-]ncc4)cccc23)c1.[Pt+2].[Pt+2].[Pt].[Pt].[Pt].[Pt]. The number of hydrogen-bond donors (Lipinski definition) is 0. The number of furan rings is 6. The average Bonchev–Trinajstić information content (AvgIpc) is 1.62. The van der Waals surface area contributed by atoms with Gasteiger partial charge in [0.1, 0.15) is 22.9 Å². The monoisotopic (exact) mass is 3020 g/mol. The largest absolute Gasteiger partial charge is 2.00 e. The summed E-state index contributed by atoms with van der Waals surface area (Å²) in [7, 11) is 17.3. The van der Waals surface area contributed by atoms with Crippen LogP contribution in [0.3, 0.4) is 0 Å². The molecule has 41 heteroatoms. The zero-order chi connectivity index (χ0) is 94.9. The van der Waals surface area contributed by atoms with Crippen molar-refractivity contribution in [3.63, 3.8) is 0 Å². The fourth-order valence-electron chi connectivity index (χ4n) is 17.8. The van der Waals surface area contributed by atoms with Crippen molar-refractivity contribution < 1.29 is 167 Å². The van der Waals surface area contributed by atoms with Gasteiger partial charge in [-0.1, -0.05) is 186 Å². The third kappa shape index (κ3) is 18.2. The second-order valence-corrected chi connectivity index (χ2v) is 33.8. The molecule has 0 saturated heterocycles. The minimum Gasteiger partial charge on any atom is -0.671 e. The molecule has 0 atom stereocenters. The molecular formula is C106H72N29O6Pt6-9. The zero-order valence-corrected chi connectivity index (χ0v) is 91.9. The van der Waals surface area contributed by atoms with Gasteiger partial charge in [0, 0.05) is 236 Å². The molecule has 0 aliphatic rings. The van der Waals surface area contributed by atoms with Crippen molar-refractivity contribution in [2.45, 2.75) is 0 Å². The Morgan fingerprint density at radius 2 is 0.531 bits per heavy atom. The van der Waals surface area contributed by atoms with E-state index in [4.69, 9.17) is 56.4 Å². The normalized spacial score (nSPS) is 11.2. The Kier molecular flexibility index (Phi) is 28.1. The Labute approximate surface area is 919 Å². The van der Waals surface area contributed by atoms with E-state index >= 15 is 0 Å². The van der Waals surface area contributed by atoms with Gasteiger partial charge < -0.3 is 155 Å². The van der Waals surface area contributed by atoms with Crippen LogP contribution in [0.2, 0.25) is 0 Å². The Morgan fingerprint density at radius 3 is 0.748 bits per heavy atom. The first kappa shape index (κ1) is 100. The van der Waals surface area contributed by atoms with E-state index in [0.29, 0.717) is 28.8 Å². The number of aryl methyl sites for hydroxylation is 9. The summed E-state index contributed by atoms with van der Waals surface area (Å²) in [6.07, 6.45) is 76.8. The van der Waals surface area contributed by atoms with Crippen molar-refractivity contribution in [3.05, 3.63) is 340 Å². The molecule has 6 aromatic carbocycles. The molecule has 0 unspecified atom stereocenters. The van der Waals surface area contributed by atoms with Gasteiger partial charge >= 0.3 is 42.1 Å². The minimum absolute atomic E-state index is 0. The number of rotatable bonds is 12. The molecule has 0 bridgehead atoms. The Bertz CT molecular complexity index is 8980. The molecule has 0 saturated carbocycles. The summed E-state index contributed by atoms with van der Waals surface area (Å²) in [5, 5.41) is 12.3. The quantitative estimate of drug-likeness (QED) is 0.0810. The molecule has 24 aromatic heterocycles. The summed E-state index contributed by atoms with van der Waals surface area (Å²) in [5.74, 6) is 4.15. The van der Waals surface area contributed by atoms with Gasteiger partial charge in [-0.25, -0.2) is 9.97 Å². The van der Waals surface area contributed by atoms with Crippen molar-refractivity contribution in [2.75, 3.05) is 0 Å². The molecule has 30 aromatic rings. The van der Waals surface area contributed by atoms with E-state index < -0.39 is 0 Å². The second-order valence-electron chi connectivity index (χ2n) is 33.8. The Hall–Kier alpha value is -15.5. The number of nitrogens with zero attached hydrogens (tertiary/aromatic N) is 29. The first-order valence-corrected chi connectivity index (χ1v) is 44.2. The summed E-state index contributed by atoms with van der Waals surface area (Å²) in [6.45, 7) is 0. The predicted molar refractivity (Wildman–Crippen MR) is 519 cm³/mol. The number of aromatic nitrogens is 29. The van der Waals surface area contributed by atoms with Crippen LogP contribution in [0.5, 0.6) is 0 Å². The van der Waals surface area contributed by atoms with Crippen LogP contribution < -0.4 is 43.6 Å². The predicted octanol–water partition coefficient (Wildman–Crippen LogP) is 15.7. The summed E-state index contributed by atoms with van der Waals surface area (Å²) in [4.78, 5) is 62.4. The maximum atomic E-state index is 5.76. The summed E-state index contributed by atoms with van der Waals surface area (Å²) < 4.78 is 62.4. The van der Waals surface area contributed by atoms with Gasteiger partial charge in [0.15, 0.2) is 0 Å². The van der Waals surface area contributed by atoms with Crippen LogP contribution in [0, 0.1) is 63.0 Å². The number of hydrogen-bond acceptors (Lipinski definition) is 14. The van der Waals surface area contributed by atoms with E-state index in [1.165, 1.54) is 0 Å². The van der Waals surface area contributed by atoms with E-state index in [9.17, 15) is 0 Å². The standard InChI is InChI=1S/3C18H13N5O.C18H11N4O.2C17H11N5O.6Pt/c3*1-21-6-7-23(11-21)15-5-3-4-12-13-9-24-18(17(13)20-16(12)15)14-8-22(2)10-19-14;1-21-7-5-12(9-21)18-17-14(10-23-18)13-3-2-4-15(16(13)20-17)22-8-6-19-11-22;2*1-21-7-13(19-10-21)17-16-12(8-23-17)11-3-2-4-14(15(11)20-16)22-6-5-18-9-22;;;;;;/h3*3-9H,1-2H3;2-4,6-10H,1H3;2*2-8,10H,1H3;;;;;;/q3*-2;-3;2*-2;;;;;2*+2. The van der Waals surface area contributed by atoms with Gasteiger partial charge in [0.25, 0.3) is 0 Å². The summed E-state index contributed by atoms with van der Waals surface area (Å²) >= 11 is 0. The molecule has 35 nitrogen and oxygen atoms in total. The van der Waals surface area contributed by atoms with Crippen molar-refractivity contribution >= 4 is 131 Å². The van der Waals surface area contributed by atoms with Gasteiger partial charge in [-0.05, 0) is 100 Å². The van der Waals surface area contributed by atoms with E-state index in [1.54, 1.807) is 82.5 Å². The molecule has 0 fully saturated rings. The summed E-state index contributed by atoms with van der Waals surface area (Å²) in [5.41, 5.74) is 20.9. The van der Waals surface area contributed by atoms with Gasteiger partial charge in [-0.15, -0.1) is 62.8 Å². The fraction of sp³-hybridized carbons (Fsp3) is 0.0849. The molecule has 0 spiro atoms. The third-order valence-electron chi connectivity index (χ3n) is 24.3. The van der Waals surface area contributed by atoms with E-state index in [0.717, 1.165) is 205 Å². The first-order valence-electron chi connectivity index (χ1n) is 44.2. The molecule has 0 aliphatic heterocycles. The van der Waals surface area contributed by atoms with Crippen LogP contribution in [-0.2, 0) is 190 Å². The fourth-order valence-corrected chi connectivity index (χ4v) is 17.8. The van der Waals surface area contributed by atoms with E-state index in [-0.39, 0.29) is 126 Å². The molecule has 0 N–H and O–H groups in total. The smallest absolute Gasteiger partial charge is 0.671 e. The maximum absolute atomic E-state index is 5.76. The summed E-state index contributed by atoms with van der Waals surface area (Å²) in [6, 6.07) is 39.7. The minimum atomic E-state index is 0. The Balaban J connectivity index is 0.000000110. The van der Waals surface area contributed by atoms with Crippen LogP contribution >= 0.6 is 0 Å². The van der Waals surface area contributed by atoms with Gasteiger partial charge in [0.05, 0.1) is 88.7 Å². The maximum Gasteiger partial charge on any atom is 2.00 e. The van der Waals surface area contributed by atoms with Crippen LogP contribution in [0.25, 0.3) is 234 Å². The van der Waals surface area contributed by atoms with E-state index in [2.05, 4.69) is 127 Å². The molecule has 147 heavy (non-hydrogen) atoms. The zero-order valence-electron chi connectivity index (χ0n) is 78.3. The number of imidazole rings is 11. The van der Waals surface area contributed by atoms with Crippen LogP contribution in [0.15, 0.2) is 304 Å². The molecule has 0 aliphatic carbocycles. The molecule has 746 valence electrons. The number of fused-ring (bicyclic) bond motifs is 18. The average molecular weight is 3020 g/mol. The number of para-hydroxylation sites is 6. The van der Waals surface area contributed by atoms with Crippen LogP contribution in [0.1, 0.15) is 0 Å². The molecule has 0 amide bonds. The number of benzene rings is 6. The van der Waals surface area contributed by atoms with Crippen molar-refractivity contribution in [3.8, 4) is 103 Å². The van der Waals surface area contributed by atoms with Gasteiger partial charge in [0.2, 0.25) is 19.0 Å². The topological polar surface area (TPSA) is 337 Å². The molecule has 0 radical (unpaired) electrons. The van der Waals surface area contributed by atoms with Crippen molar-refractivity contribution in [1.29, 1.82) is 0 Å². The third-order valence-corrected chi connectivity index (χ3v) is 24.3. The van der Waals surface area contributed by atoms with Crippen molar-refractivity contribution in [1.82, 2.24) is 125 Å². The molecule has 24 heterocycles. The van der Waals surface area contributed by atoms with E-state index in [1.807, 2.05) is 302 Å². The van der Waals surface area contributed by atoms with Crippen molar-refractivity contribution in [2.24, 2.45) is 63.4 Å². The van der Waals surface area contributed by atoms with Crippen LogP contribution in [0.4, 0.5) is 0 Å². The molecular weight excluding hydrogens is 2950 g/mol. The second kappa shape index (κ2) is 41.2. The molecule has 30 rings (SSSR count). The van der Waals surface area contributed by atoms with Gasteiger partial charge in [-0.3, -0.25) is 0 Å². The Morgan fingerprint density at radius 1 is 0.272 bits per heavy atom. The van der Waals surface area contributed by atoms with Gasteiger partial charge in [-0.2, -0.15) is 6.07 Å².